The fourth-order valence-corrected chi connectivity index (χ4v) is 3.61. The second kappa shape index (κ2) is 7.70. The van der Waals surface area contributed by atoms with Crippen molar-refractivity contribution in [2.45, 2.75) is 64.9 Å². The molecule has 0 saturated heterocycles. The van der Waals surface area contributed by atoms with Crippen LogP contribution in [0, 0.1) is 13.8 Å². The minimum Gasteiger partial charge on any atom is -0.454 e. The zero-order valence-electron chi connectivity index (χ0n) is 16.9. The number of benzene rings is 1. The second-order valence-electron chi connectivity index (χ2n) is 8.04. The number of thioether (sulfide) groups is 1. The molecule has 0 radical (unpaired) electrons. The van der Waals surface area contributed by atoms with Crippen LogP contribution in [0.4, 0.5) is 5.69 Å². The number of furan rings is 1. The smallest absolute Gasteiger partial charge is 0.167 e. The normalized spacial score (nSPS) is 13.1. The summed E-state index contributed by atoms with van der Waals surface area (Å²) in [6, 6.07) is 8.33. The summed E-state index contributed by atoms with van der Waals surface area (Å²) in [5.74, 6) is 1.74. The molecule has 0 spiro atoms. The average molecular weight is 374 g/mol. The van der Waals surface area contributed by atoms with E-state index < -0.39 is 0 Å². The molecule has 5 heteroatoms. The monoisotopic (exact) mass is 373 g/mol. The molecule has 0 unspecified atom stereocenters. The van der Waals surface area contributed by atoms with E-state index >= 15 is 0 Å². The van der Waals surface area contributed by atoms with E-state index in [1.54, 1.807) is 0 Å². The molecular formula is C21H31N3OS. The number of rotatable bonds is 5. The summed E-state index contributed by atoms with van der Waals surface area (Å²) < 4.78 is 5.86. The zero-order valence-corrected chi connectivity index (χ0v) is 17.7. The maximum absolute atomic E-state index is 6.22. The van der Waals surface area contributed by atoms with Crippen molar-refractivity contribution in [1.29, 1.82) is 0 Å². The predicted octanol–water partition coefficient (Wildman–Crippen LogP) is 5.57. The van der Waals surface area contributed by atoms with Crippen LogP contribution in [-0.4, -0.2) is 0 Å². The van der Waals surface area contributed by atoms with Gasteiger partial charge in [0.05, 0.1) is 0 Å². The van der Waals surface area contributed by atoms with Crippen LogP contribution in [-0.2, 0) is 5.41 Å². The van der Waals surface area contributed by atoms with Crippen molar-refractivity contribution in [2.75, 3.05) is 5.32 Å². The summed E-state index contributed by atoms with van der Waals surface area (Å²) in [5, 5.41) is 4.51. The van der Waals surface area contributed by atoms with Gasteiger partial charge in [-0.3, -0.25) is 0 Å². The maximum Gasteiger partial charge on any atom is 0.167 e. The first-order valence-electron chi connectivity index (χ1n) is 8.90. The predicted molar refractivity (Wildman–Crippen MR) is 112 cm³/mol. The molecule has 1 heterocycles. The van der Waals surface area contributed by atoms with Gasteiger partial charge in [-0.1, -0.05) is 52.3 Å². The van der Waals surface area contributed by atoms with Gasteiger partial charge in [0.25, 0.3) is 0 Å². The molecule has 0 fully saturated rings. The van der Waals surface area contributed by atoms with Gasteiger partial charge in [0.2, 0.25) is 0 Å². The van der Waals surface area contributed by atoms with Gasteiger partial charge in [-0.25, -0.2) is 0 Å². The molecular weight excluding hydrogens is 342 g/mol. The van der Waals surface area contributed by atoms with Crippen LogP contribution >= 0.6 is 11.8 Å². The molecule has 0 aliphatic carbocycles. The minimum absolute atomic E-state index is 0.0305. The number of aryl methyl sites for hydroxylation is 2. The van der Waals surface area contributed by atoms with Crippen molar-refractivity contribution in [1.82, 2.24) is 0 Å². The molecule has 4 nitrogen and oxygen atoms in total. The first-order valence-corrected chi connectivity index (χ1v) is 9.72. The Kier molecular flexibility index (Phi) is 6.02. The molecule has 0 atom stereocenters. The Labute approximate surface area is 161 Å². The number of anilines is 1. The number of nitrogens with one attached hydrogen (secondary N) is 1. The van der Waals surface area contributed by atoms with Crippen LogP contribution in [0.5, 0.6) is 0 Å². The average Bonchev–Trinajstić information content (AvgIpc) is 2.89. The molecule has 26 heavy (non-hydrogen) atoms. The number of nitrogens with two attached hydrogens (primary N) is 2. The summed E-state index contributed by atoms with van der Waals surface area (Å²) in [4.78, 5) is 0. The molecule has 2 rings (SSSR count). The summed E-state index contributed by atoms with van der Waals surface area (Å²) in [6.07, 6.45) is 0. The van der Waals surface area contributed by atoms with Crippen molar-refractivity contribution in [3.8, 4) is 0 Å². The van der Waals surface area contributed by atoms with E-state index in [0.717, 1.165) is 16.5 Å². The van der Waals surface area contributed by atoms with Gasteiger partial charge in [-0.2, -0.15) is 0 Å². The Bertz CT molecular complexity index is 813. The van der Waals surface area contributed by atoms with Crippen LogP contribution in [0.2, 0.25) is 0 Å². The molecule has 0 aliphatic rings. The Morgan fingerprint density at radius 1 is 1.12 bits per heavy atom. The second-order valence-corrected chi connectivity index (χ2v) is 9.08. The first kappa shape index (κ1) is 20.3. The molecule has 1 aromatic heterocycles. The standard InChI is InChI=1S/C21H31N3OS/c1-12(2)15-10-13(3)8-9-17(15)24-19(22)20(23)26-18-11-16(14(4)25-18)21(5,6)7/h8-12,24H,22-23H2,1-7H3/b20-19+. The molecule has 0 amide bonds. The van der Waals surface area contributed by atoms with Crippen LogP contribution in [0.15, 0.2) is 44.6 Å². The number of hydrogen-bond donors (Lipinski definition) is 3. The highest BCUT2D eigenvalue weighted by atomic mass is 32.2. The maximum atomic E-state index is 6.22. The van der Waals surface area contributed by atoms with E-state index in [4.69, 9.17) is 15.9 Å². The summed E-state index contributed by atoms with van der Waals surface area (Å²) in [6.45, 7) is 14.9. The highest BCUT2D eigenvalue weighted by Gasteiger charge is 2.21. The lowest BCUT2D eigenvalue weighted by molar-refractivity contribution is 0.440. The fourth-order valence-electron chi connectivity index (χ4n) is 2.89. The SMILES string of the molecule is Cc1ccc(N/C(N)=C(\N)Sc2cc(C(C)(C)C)c(C)o2)c(C(C)C)c1. The van der Waals surface area contributed by atoms with Gasteiger partial charge in [0, 0.05) is 5.69 Å². The van der Waals surface area contributed by atoms with Crippen molar-refractivity contribution in [3.05, 3.63) is 57.6 Å². The topological polar surface area (TPSA) is 77.2 Å². The molecule has 1 aromatic carbocycles. The Morgan fingerprint density at radius 3 is 2.31 bits per heavy atom. The van der Waals surface area contributed by atoms with Crippen molar-refractivity contribution < 1.29 is 4.42 Å². The van der Waals surface area contributed by atoms with Crippen molar-refractivity contribution >= 4 is 17.4 Å². The molecule has 2 aromatic rings. The fraction of sp³-hybridized carbons (Fsp3) is 0.429. The molecule has 0 aliphatic heterocycles. The first-order chi connectivity index (χ1) is 12.0. The van der Waals surface area contributed by atoms with E-state index in [1.165, 1.54) is 28.5 Å². The molecule has 5 N–H and O–H groups in total. The quantitative estimate of drug-likeness (QED) is 0.598. The van der Waals surface area contributed by atoms with E-state index in [0.29, 0.717) is 16.8 Å². The largest absolute Gasteiger partial charge is 0.454 e. The Morgan fingerprint density at radius 2 is 1.77 bits per heavy atom. The van der Waals surface area contributed by atoms with Crippen LogP contribution in [0.3, 0.4) is 0 Å². The highest BCUT2D eigenvalue weighted by Crippen LogP contribution is 2.35. The van der Waals surface area contributed by atoms with Gasteiger partial charge in [0.1, 0.15) is 16.6 Å². The lowest BCUT2D eigenvalue weighted by Gasteiger charge is -2.17. The van der Waals surface area contributed by atoms with E-state index in [2.05, 4.69) is 59.0 Å². The van der Waals surface area contributed by atoms with Crippen LogP contribution < -0.4 is 16.8 Å². The van der Waals surface area contributed by atoms with Gasteiger partial charge in [-0.05, 0) is 60.2 Å². The molecule has 0 bridgehead atoms. The van der Waals surface area contributed by atoms with Gasteiger partial charge in [-0.15, -0.1) is 0 Å². The van der Waals surface area contributed by atoms with E-state index in [-0.39, 0.29) is 5.41 Å². The Balaban J connectivity index is 2.23. The van der Waals surface area contributed by atoms with E-state index in [1.807, 2.05) is 19.1 Å². The van der Waals surface area contributed by atoms with Crippen LogP contribution in [0.1, 0.15) is 63.0 Å². The molecule has 0 saturated carbocycles. The lowest BCUT2D eigenvalue weighted by atomic mass is 9.87. The van der Waals surface area contributed by atoms with Gasteiger partial charge >= 0.3 is 0 Å². The third-order valence-corrected chi connectivity index (χ3v) is 5.12. The zero-order chi connectivity index (χ0) is 19.6. The van der Waals surface area contributed by atoms with Gasteiger partial charge in [0.15, 0.2) is 5.09 Å². The van der Waals surface area contributed by atoms with Crippen molar-refractivity contribution in [2.24, 2.45) is 11.5 Å². The third kappa shape index (κ3) is 4.79. The van der Waals surface area contributed by atoms with Gasteiger partial charge < -0.3 is 21.2 Å². The van der Waals surface area contributed by atoms with Crippen LogP contribution in [0.25, 0.3) is 0 Å². The summed E-state index contributed by atoms with van der Waals surface area (Å²) in [5.41, 5.74) is 17.1. The third-order valence-electron chi connectivity index (χ3n) is 4.28. The molecule has 142 valence electrons. The summed E-state index contributed by atoms with van der Waals surface area (Å²) in [7, 11) is 0. The minimum atomic E-state index is 0.0305. The van der Waals surface area contributed by atoms with E-state index in [9.17, 15) is 0 Å². The highest BCUT2D eigenvalue weighted by molar-refractivity contribution is 8.02. The Hall–Kier alpha value is -2.01. The summed E-state index contributed by atoms with van der Waals surface area (Å²) >= 11 is 1.34. The number of hydrogen-bond acceptors (Lipinski definition) is 5. The van der Waals surface area contributed by atoms with Crippen molar-refractivity contribution in [3.63, 3.8) is 0 Å². The lowest BCUT2D eigenvalue weighted by Crippen LogP contribution is -2.16.